The lowest BCUT2D eigenvalue weighted by atomic mass is 9.86. The van der Waals surface area contributed by atoms with Gasteiger partial charge in [-0.3, -0.25) is 0 Å². The van der Waals surface area contributed by atoms with E-state index in [0.717, 1.165) is 38.1 Å². The van der Waals surface area contributed by atoms with E-state index in [2.05, 4.69) is 53.7 Å². The number of piperidine rings is 1. The van der Waals surface area contributed by atoms with Crippen LogP contribution in [0, 0.1) is 0 Å². The first-order chi connectivity index (χ1) is 9.19. The Morgan fingerprint density at radius 2 is 1.84 bits per heavy atom. The van der Waals surface area contributed by atoms with Gasteiger partial charge in [0.05, 0.1) is 5.71 Å². The molecule has 1 saturated heterocycles. The molecule has 0 aromatic heterocycles. The first-order valence-corrected chi connectivity index (χ1v) is 6.92. The number of oxime groups is 1. The van der Waals surface area contributed by atoms with Crippen LogP contribution in [0.25, 0.3) is 0 Å². The summed E-state index contributed by atoms with van der Waals surface area (Å²) < 4.78 is 0. The predicted octanol–water partition coefficient (Wildman–Crippen LogP) is 2.00. The second-order valence-corrected chi connectivity index (χ2v) is 5.68. The van der Waals surface area contributed by atoms with Crippen LogP contribution in [0.3, 0.4) is 0 Å². The molecule has 0 saturated carbocycles. The summed E-state index contributed by atoms with van der Waals surface area (Å²) in [6.07, 6.45) is 3.04. The molecule has 0 radical (unpaired) electrons. The van der Waals surface area contributed by atoms with Crippen molar-refractivity contribution < 1.29 is 4.84 Å². The van der Waals surface area contributed by atoms with Crippen molar-refractivity contribution in [3.63, 3.8) is 0 Å². The van der Waals surface area contributed by atoms with Crippen molar-refractivity contribution in [1.29, 1.82) is 0 Å². The minimum Gasteiger partial charge on any atom is -0.388 e. The minimum absolute atomic E-state index is 0.0409. The Morgan fingerprint density at radius 3 is 2.47 bits per heavy atom. The molecule has 1 fully saturated rings. The number of benzene rings is 1. The van der Waals surface area contributed by atoms with Crippen molar-refractivity contribution >= 4 is 11.4 Å². The molecule has 2 aliphatic heterocycles. The molecule has 2 aliphatic rings. The highest BCUT2D eigenvalue weighted by Gasteiger charge is 2.40. The van der Waals surface area contributed by atoms with Crippen LogP contribution in [-0.2, 0) is 4.84 Å². The second kappa shape index (κ2) is 4.85. The second-order valence-electron chi connectivity index (χ2n) is 5.68. The number of nitrogens with zero attached hydrogens (tertiary/aromatic N) is 2. The molecule has 0 unspecified atom stereocenters. The number of anilines is 1. The number of nitrogens with one attached hydrogen (secondary N) is 1. The molecule has 1 spiro atoms. The van der Waals surface area contributed by atoms with Crippen LogP contribution in [0.2, 0.25) is 0 Å². The molecule has 1 N–H and O–H groups in total. The molecule has 2 heterocycles. The summed E-state index contributed by atoms with van der Waals surface area (Å²) >= 11 is 0. The van der Waals surface area contributed by atoms with Crippen molar-refractivity contribution in [2.75, 3.05) is 32.1 Å². The molecule has 19 heavy (non-hydrogen) atoms. The molecular formula is C15H21N3O. The van der Waals surface area contributed by atoms with E-state index in [1.807, 2.05) is 0 Å². The van der Waals surface area contributed by atoms with E-state index in [1.54, 1.807) is 0 Å². The van der Waals surface area contributed by atoms with Crippen molar-refractivity contribution in [3.8, 4) is 0 Å². The molecule has 3 rings (SSSR count). The smallest absolute Gasteiger partial charge is 0.145 e. The van der Waals surface area contributed by atoms with E-state index in [0.29, 0.717) is 0 Å². The fraction of sp³-hybridized carbons (Fsp3) is 0.533. The Hall–Kier alpha value is -1.55. The van der Waals surface area contributed by atoms with Crippen molar-refractivity contribution in [3.05, 3.63) is 29.8 Å². The van der Waals surface area contributed by atoms with E-state index in [-0.39, 0.29) is 5.60 Å². The Kier molecular flexibility index (Phi) is 3.19. The van der Waals surface area contributed by atoms with Gasteiger partial charge in [0, 0.05) is 39.0 Å². The molecule has 102 valence electrons. The lowest BCUT2D eigenvalue weighted by molar-refractivity contribution is -0.0400. The van der Waals surface area contributed by atoms with Gasteiger partial charge in [0.15, 0.2) is 0 Å². The average Bonchev–Trinajstić information content (AvgIpc) is 2.83. The van der Waals surface area contributed by atoms with Gasteiger partial charge >= 0.3 is 0 Å². The van der Waals surface area contributed by atoms with E-state index in [4.69, 9.17) is 4.84 Å². The molecule has 0 aliphatic carbocycles. The SMILES string of the molecule is CN(C)c1ccc(C2=NOC3(CCNCC3)C2)cc1. The predicted molar refractivity (Wildman–Crippen MR) is 77.8 cm³/mol. The van der Waals surface area contributed by atoms with Gasteiger partial charge in [0.2, 0.25) is 0 Å². The van der Waals surface area contributed by atoms with Gasteiger partial charge < -0.3 is 15.1 Å². The van der Waals surface area contributed by atoms with E-state index >= 15 is 0 Å². The van der Waals surface area contributed by atoms with Gasteiger partial charge in [-0.15, -0.1) is 0 Å². The molecule has 1 aromatic carbocycles. The van der Waals surface area contributed by atoms with E-state index in [1.165, 1.54) is 11.3 Å². The van der Waals surface area contributed by atoms with Crippen LogP contribution in [0.1, 0.15) is 24.8 Å². The topological polar surface area (TPSA) is 36.9 Å². The van der Waals surface area contributed by atoms with Gasteiger partial charge in [0.25, 0.3) is 0 Å². The van der Waals surface area contributed by atoms with Crippen LogP contribution < -0.4 is 10.2 Å². The Labute approximate surface area is 114 Å². The summed E-state index contributed by atoms with van der Waals surface area (Å²) in [5.74, 6) is 0. The summed E-state index contributed by atoms with van der Waals surface area (Å²) in [5.41, 5.74) is 3.44. The van der Waals surface area contributed by atoms with Crippen molar-refractivity contribution in [2.24, 2.45) is 5.16 Å². The zero-order valence-corrected chi connectivity index (χ0v) is 11.6. The van der Waals surface area contributed by atoms with Crippen LogP contribution in [0.5, 0.6) is 0 Å². The fourth-order valence-corrected chi connectivity index (χ4v) is 2.78. The number of hydrogen-bond donors (Lipinski definition) is 1. The Balaban J connectivity index is 1.73. The highest BCUT2D eigenvalue weighted by atomic mass is 16.7. The number of hydrogen-bond acceptors (Lipinski definition) is 4. The van der Waals surface area contributed by atoms with Gasteiger partial charge in [-0.05, 0) is 30.8 Å². The highest BCUT2D eigenvalue weighted by molar-refractivity contribution is 6.01. The molecule has 4 heteroatoms. The normalized spacial score (nSPS) is 21.1. The van der Waals surface area contributed by atoms with E-state index < -0.39 is 0 Å². The molecule has 0 atom stereocenters. The summed E-state index contributed by atoms with van der Waals surface area (Å²) in [6.45, 7) is 2.06. The van der Waals surface area contributed by atoms with Crippen molar-refractivity contribution in [2.45, 2.75) is 24.9 Å². The first-order valence-electron chi connectivity index (χ1n) is 6.92. The maximum Gasteiger partial charge on any atom is 0.145 e. The monoisotopic (exact) mass is 259 g/mol. The molecular weight excluding hydrogens is 238 g/mol. The molecule has 0 amide bonds. The zero-order valence-electron chi connectivity index (χ0n) is 11.6. The summed E-state index contributed by atoms with van der Waals surface area (Å²) in [6, 6.07) is 8.53. The summed E-state index contributed by atoms with van der Waals surface area (Å²) in [4.78, 5) is 7.87. The average molecular weight is 259 g/mol. The largest absolute Gasteiger partial charge is 0.388 e. The summed E-state index contributed by atoms with van der Waals surface area (Å²) in [7, 11) is 4.10. The Bertz CT molecular complexity index is 473. The van der Waals surface area contributed by atoms with Crippen LogP contribution in [0.15, 0.2) is 29.4 Å². The van der Waals surface area contributed by atoms with Gasteiger partial charge in [-0.2, -0.15) is 0 Å². The minimum atomic E-state index is -0.0409. The zero-order chi connectivity index (χ0) is 13.3. The van der Waals surface area contributed by atoms with Gasteiger partial charge in [-0.25, -0.2) is 0 Å². The molecule has 1 aromatic rings. The van der Waals surface area contributed by atoms with Crippen LogP contribution in [-0.4, -0.2) is 38.5 Å². The third-order valence-corrected chi connectivity index (χ3v) is 4.07. The van der Waals surface area contributed by atoms with E-state index in [9.17, 15) is 0 Å². The van der Waals surface area contributed by atoms with Crippen LogP contribution >= 0.6 is 0 Å². The lowest BCUT2D eigenvalue weighted by Crippen LogP contribution is -2.42. The Morgan fingerprint density at radius 1 is 1.16 bits per heavy atom. The van der Waals surface area contributed by atoms with Gasteiger partial charge in [-0.1, -0.05) is 17.3 Å². The quantitative estimate of drug-likeness (QED) is 0.882. The third kappa shape index (κ3) is 2.45. The van der Waals surface area contributed by atoms with Gasteiger partial charge in [0.1, 0.15) is 5.60 Å². The fourth-order valence-electron chi connectivity index (χ4n) is 2.78. The maximum atomic E-state index is 5.76. The maximum absolute atomic E-state index is 5.76. The highest BCUT2D eigenvalue weighted by Crippen LogP contribution is 2.34. The van der Waals surface area contributed by atoms with Crippen molar-refractivity contribution in [1.82, 2.24) is 5.32 Å². The lowest BCUT2D eigenvalue weighted by Gasteiger charge is -2.30. The molecule has 0 bridgehead atoms. The summed E-state index contributed by atoms with van der Waals surface area (Å²) in [5, 5.41) is 7.71. The third-order valence-electron chi connectivity index (χ3n) is 4.07. The molecule has 4 nitrogen and oxygen atoms in total. The first kappa shape index (κ1) is 12.5. The number of rotatable bonds is 2. The standard InChI is InChI=1S/C15H21N3O/c1-18(2)13-5-3-12(4-6-13)14-11-15(19-17-14)7-9-16-10-8-15/h3-6,16H,7-11H2,1-2H3. The van der Waals surface area contributed by atoms with Crippen LogP contribution in [0.4, 0.5) is 5.69 Å².